The second-order valence-electron chi connectivity index (χ2n) is 4.75. The van der Waals surface area contributed by atoms with Crippen molar-refractivity contribution >= 4 is 11.7 Å². The second kappa shape index (κ2) is 5.35. The van der Waals surface area contributed by atoms with Crippen molar-refractivity contribution in [1.29, 1.82) is 5.41 Å². The number of rotatable bonds is 2. The number of aryl methyl sites for hydroxylation is 1. The molecule has 1 atom stereocenters. The van der Waals surface area contributed by atoms with Gasteiger partial charge in [-0.25, -0.2) is 4.98 Å². The molecule has 3 N–H and O–H groups in total. The first kappa shape index (κ1) is 12.8. The van der Waals surface area contributed by atoms with E-state index < -0.39 is 0 Å². The number of nitrogens with two attached hydrogens (primary N) is 1. The summed E-state index contributed by atoms with van der Waals surface area (Å²) in [7, 11) is 0. The summed E-state index contributed by atoms with van der Waals surface area (Å²) in [6.07, 6.45) is 1.20. The Hall–Kier alpha value is -1.62. The van der Waals surface area contributed by atoms with E-state index in [1.165, 1.54) is 0 Å². The number of hydrogen-bond donors (Lipinski definition) is 2. The van der Waals surface area contributed by atoms with Gasteiger partial charge >= 0.3 is 0 Å². The van der Waals surface area contributed by atoms with Crippen molar-refractivity contribution in [2.75, 3.05) is 24.6 Å². The first-order chi connectivity index (χ1) is 8.56. The molecule has 2 rings (SSSR count). The molecule has 0 amide bonds. The molecule has 1 fully saturated rings. The predicted octanol–water partition coefficient (Wildman–Crippen LogP) is 1.29. The molecule has 1 unspecified atom stereocenters. The highest BCUT2D eigenvalue weighted by atomic mass is 16.5. The molecule has 1 aliphatic rings. The molecule has 1 saturated heterocycles. The fourth-order valence-electron chi connectivity index (χ4n) is 2.17. The standard InChI is InChI=1S/C13H20N4O/c1-9-6-11(13(14)15)7-12(16-9)17-4-3-5-18-10(2)8-17/h6-7,10H,3-5,8H2,1-2H3,(H3,14,15). The van der Waals surface area contributed by atoms with E-state index in [4.69, 9.17) is 15.9 Å². The smallest absolute Gasteiger partial charge is 0.129 e. The Morgan fingerprint density at radius 2 is 2.33 bits per heavy atom. The number of hydrogen-bond acceptors (Lipinski definition) is 4. The molecule has 1 aromatic heterocycles. The molecule has 0 radical (unpaired) electrons. The van der Waals surface area contributed by atoms with Crippen molar-refractivity contribution in [2.24, 2.45) is 5.73 Å². The predicted molar refractivity (Wildman–Crippen MR) is 72.2 cm³/mol. The Bertz CT molecular complexity index is 447. The SMILES string of the molecule is Cc1cc(C(=N)N)cc(N2CCCOC(C)C2)n1. The van der Waals surface area contributed by atoms with Crippen LogP contribution in [0.4, 0.5) is 5.82 Å². The number of nitrogens with zero attached hydrogens (tertiary/aromatic N) is 2. The minimum Gasteiger partial charge on any atom is -0.384 e. The van der Waals surface area contributed by atoms with E-state index in [0.717, 1.165) is 43.2 Å². The maximum Gasteiger partial charge on any atom is 0.129 e. The maximum absolute atomic E-state index is 7.53. The lowest BCUT2D eigenvalue weighted by molar-refractivity contribution is 0.0820. The van der Waals surface area contributed by atoms with Crippen LogP contribution in [-0.4, -0.2) is 36.6 Å². The quantitative estimate of drug-likeness (QED) is 0.611. The van der Waals surface area contributed by atoms with Crippen LogP contribution in [0.3, 0.4) is 0 Å². The number of ether oxygens (including phenoxy) is 1. The number of aromatic nitrogens is 1. The summed E-state index contributed by atoms with van der Waals surface area (Å²) in [5.41, 5.74) is 7.17. The van der Waals surface area contributed by atoms with E-state index in [0.29, 0.717) is 0 Å². The molecule has 18 heavy (non-hydrogen) atoms. The van der Waals surface area contributed by atoms with Gasteiger partial charge in [-0.05, 0) is 32.4 Å². The minimum absolute atomic E-state index is 0.0841. The van der Waals surface area contributed by atoms with E-state index in [-0.39, 0.29) is 11.9 Å². The van der Waals surface area contributed by atoms with Crippen LogP contribution in [-0.2, 0) is 4.74 Å². The zero-order valence-electron chi connectivity index (χ0n) is 10.9. The Morgan fingerprint density at radius 3 is 3.06 bits per heavy atom. The van der Waals surface area contributed by atoms with Crippen molar-refractivity contribution in [3.05, 3.63) is 23.4 Å². The van der Waals surface area contributed by atoms with Gasteiger partial charge in [-0.15, -0.1) is 0 Å². The third-order valence-electron chi connectivity index (χ3n) is 3.03. The number of pyridine rings is 1. The van der Waals surface area contributed by atoms with Crippen LogP contribution in [0, 0.1) is 12.3 Å². The summed E-state index contributed by atoms with van der Waals surface area (Å²) in [4.78, 5) is 6.74. The lowest BCUT2D eigenvalue weighted by atomic mass is 10.2. The van der Waals surface area contributed by atoms with E-state index in [2.05, 4.69) is 16.8 Å². The Balaban J connectivity index is 2.28. The zero-order valence-corrected chi connectivity index (χ0v) is 10.9. The summed E-state index contributed by atoms with van der Waals surface area (Å²) in [6, 6.07) is 3.72. The van der Waals surface area contributed by atoms with Crippen LogP contribution >= 0.6 is 0 Å². The molecule has 2 heterocycles. The van der Waals surface area contributed by atoms with Gasteiger partial charge in [0.15, 0.2) is 0 Å². The third-order valence-corrected chi connectivity index (χ3v) is 3.03. The normalized spacial score (nSPS) is 20.6. The summed E-state index contributed by atoms with van der Waals surface area (Å²) >= 11 is 0. The average Bonchev–Trinajstić information content (AvgIpc) is 2.53. The van der Waals surface area contributed by atoms with E-state index in [1.807, 2.05) is 19.1 Å². The minimum atomic E-state index is 0.0841. The van der Waals surface area contributed by atoms with Crippen molar-refractivity contribution in [3.8, 4) is 0 Å². The molecule has 5 nitrogen and oxygen atoms in total. The zero-order chi connectivity index (χ0) is 13.1. The summed E-state index contributed by atoms with van der Waals surface area (Å²) in [6.45, 7) is 6.54. The molecular formula is C13H20N4O. The van der Waals surface area contributed by atoms with Crippen molar-refractivity contribution < 1.29 is 4.74 Å². The van der Waals surface area contributed by atoms with Crippen LogP contribution in [0.5, 0.6) is 0 Å². The molecule has 0 spiro atoms. The van der Waals surface area contributed by atoms with Gasteiger partial charge in [-0.3, -0.25) is 5.41 Å². The number of nitrogens with one attached hydrogen (secondary N) is 1. The van der Waals surface area contributed by atoms with E-state index in [9.17, 15) is 0 Å². The van der Waals surface area contributed by atoms with Gasteiger partial charge in [0.05, 0.1) is 6.10 Å². The van der Waals surface area contributed by atoms with Gasteiger partial charge < -0.3 is 15.4 Å². The lowest BCUT2D eigenvalue weighted by Gasteiger charge is -2.24. The van der Waals surface area contributed by atoms with Crippen LogP contribution in [0.25, 0.3) is 0 Å². The Morgan fingerprint density at radius 1 is 1.56 bits per heavy atom. The highest BCUT2D eigenvalue weighted by Crippen LogP contribution is 2.18. The largest absolute Gasteiger partial charge is 0.384 e. The molecule has 5 heteroatoms. The molecule has 0 bridgehead atoms. The van der Waals surface area contributed by atoms with Gasteiger partial charge in [-0.1, -0.05) is 0 Å². The molecule has 0 aliphatic carbocycles. The first-order valence-electron chi connectivity index (χ1n) is 6.26. The van der Waals surface area contributed by atoms with Crippen LogP contribution in [0.1, 0.15) is 24.6 Å². The lowest BCUT2D eigenvalue weighted by Crippen LogP contribution is -2.31. The Kier molecular flexibility index (Phi) is 3.81. The molecule has 1 aliphatic heterocycles. The van der Waals surface area contributed by atoms with Crippen molar-refractivity contribution in [3.63, 3.8) is 0 Å². The third kappa shape index (κ3) is 2.98. The highest BCUT2D eigenvalue weighted by Gasteiger charge is 2.17. The maximum atomic E-state index is 7.53. The highest BCUT2D eigenvalue weighted by molar-refractivity contribution is 5.95. The molecule has 0 aromatic carbocycles. The fraction of sp³-hybridized carbons (Fsp3) is 0.538. The van der Waals surface area contributed by atoms with Gasteiger partial charge in [0.2, 0.25) is 0 Å². The number of nitrogen functional groups attached to an aromatic ring is 1. The topological polar surface area (TPSA) is 75.2 Å². The number of amidine groups is 1. The first-order valence-corrected chi connectivity index (χ1v) is 6.26. The van der Waals surface area contributed by atoms with Gasteiger partial charge in [0, 0.05) is 31.0 Å². The van der Waals surface area contributed by atoms with E-state index in [1.54, 1.807) is 0 Å². The van der Waals surface area contributed by atoms with E-state index >= 15 is 0 Å². The average molecular weight is 248 g/mol. The number of anilines is 1. The van der Waals surface area contributed by atoms with Crippen LogP contribution in [0.15, 0.2) is 12.1 Å². The summed E-state index contributed by atoms with van der Waals surface area (Å²) < 4.78 is 5.63. The summed E-state index contributed by atoms with van der Waals surface area (Å²) in [5, 5.41) is 7.53. The Labute approximate surface area is 107 Å². The monoisotopic (exact) mass is 248 g/mol. The van der Waals surface area contributed by atoms with Crippen LogP contribution in [0.2, 0.25) is 0 Å². The summed E-state index contributed by atoms with van der Waals surface area (Å²) in [5.74, 6) is 0.971. The van der Waals surface area contributed by atoms with Gasteiger partial charge in [0.1, 0.15) is 11.7 Å². The fourth-order valence-corrected chi connectivity index (χ4v) is 2.17. The molecule has 1 aromatic rings. The van der Waals surface area contributed by atoms with Crippen molar-refractivity contribution in [1.82, 2.24) is 4.98 Å². The molecule has 98 valence electrons. The van der Waals surface area contributed by atoms with Gasteiger partial charge in [0.25, 0.3) is 0 Å². The molecular weight excluding hydrogens is 228 g/mol. The molecule has 0 saturated carbocycles. The van der Waals surface area contributed by atoms with Gasteiger partial charge in [-0.2, -0.15) is 0 Å². The van der Waals surface area contributed by atoms with Crippen LogP contribution < -0.4 is 10.6 Å². The second-order valence-corrected chi connectivity index (χ2v) is 4.75. The van der Waals surface area contributed by atoms with Crippen molar-refractivity contribution in [2.45, 2.75) is 26.4 Å².